The van der Waals surface area contributed by atoms with E-state index < -0.39 is 5.97 Å². The first-order valence-corrected chi connectivity index (χ1v) is 7.17. The van der Waals surface area contributed by atoms with Gasteiger partial charge in [0.05, 0.1) is 0 Å². The lowest BCUT2D eigenvalue weighted by molar-refractivity contribution is -0.137. The van der Waals surface area contributed by atoms with Crippen molar-refractivity contribution >= 4 is 11.9 Å². The molecule has 1 amide bonds. The van der Waals surface area contributed by atoms with E-state index in [2.05, 4.69) is 5.32 Å². The molecule has 1 rings (SSSR count). The van der Waals surface area contributed by atoms with Crippen LogP contribution in [0.15, 0.2) is 0 Å². The average molecular weight is 255 g/mol. The summed E-state index contributed by atoms with van der Waals surface area (Å²) in [4.78, 5) is 21.9. The van der Waals surface area contributed by atoms with Crippen LogP contribution in [0.4, 0.5) is 0 Å². The van der Waals surface area contributed by atoms with Gasteiger partial charge in [-0.2, -0.15) is 0 Å². The highest BCUT2D eigenvalue weighted by atomic mass is 16.4. The maximum absolute atomic E-state index is 11.6. The summed E-state index contributed by atoms with van der Waals surface area (Å²) in [5.74, 6) is 0.0767. The summed E-state index contributed by atoms with van der Waals surface area (Å²) in [5, 5.41) is 11.4. The number of hydrogen-bond donors (Lipinski definition) is 2. The molecule has 2 N–H and O–H groups in total. The van der Waals surface area contributed by atoms with E-state index in [-0.39, 0.29) is 12.3 Å². The van der Waals surface area contributed by atoms with Gasteiger partial charge in [-0.1, -0.05) is 25.7 Å². The predicted octanol–water partition coefficient (Wildman–Crippen LogP) is 2.72. The Balaban J connectivity index is 1.87. The van der Waals surface area contributed by atoms with Gasteiger partial charge in [-0.3, -0.25) is 9.59 Å². The predicted molar refractivity (Wildman–Crippen MR) is 70.3 cm³/mol. The Hall–Kier alpha value is -1.06. The number of rotatable bonds is 9. The first kappa shape index (κ1) is 15.0. The van der Waals surface area contributed by atoms with Crippen molar-refractivity contribution in [3.05, 3.63) is 0 Å². The summed E-state index contributed by atoms with van der Waals surface area (Å²) in [6, 6.07) is 0. The molecule has 1 aliphatic rings. The number of carboxylic acids is 1. The van der Waals surface area contributed by atoms with Crippen LogP contribution in [0.2, 0.25) is 0 Å². The average Bonchev–Trinajstić information content (AvgIpc) is 2.80. The molecule has 0 unspecified atom stereocenters. The number of nitrogens with one attached hydrogen (secondary N) is 1. The normalized spacial score (nSPS) is 15.8. The summed E-state index contributed by atoms with van der Waals surface area (Å²) in [7, 11) is 0. The fraction of sp³-hybridized carbons (Fsp3) is 0.857. The maximum atomic E-state index is 11.6. The van der Waals surface area contributed by atoms with E-state index in [4.69, 9.17) is 5.11 Å². The first-order valence-electron chi connectivity index (χ1n) is 7.17. The standard InChI is InChI=1S/C14H25NO3/c16-13(11-12-7-4-5-8-12)15-10-6-2-1-3-9-14(17)18/h12H,1-11H2,(H,15,16)(H,17,18). The Bertz CT molecular complexity index is 260. The van der Waals surface area contributed by atoms with Gasteiger partial charge in [0, 0.05) is 19.4 Å². The Morgan fingerprint density at radius 1 is 1.06 bits per heavy atom. The van der Waals surface area contributed by atoms with Gasteiger partial charge in [-0.15, -0.1) is 0 Å². The molecule has 0 atom stereocenters. The van der Waals surface area contributed by atoms with E-state index in [1.807, 2.05) is 0 Å². The first-order chi connectivity index (χ1) is 8.68. The second kappa shape index (κ2) is 8.95. The minimum Gasteiger partial charge on any atom is -0.481 e. The molecule has 0 saturated heterocycles. The Morgan fingerprint density at radius 2 is 1.72 bits per heavy atom. The third-order valence-corrected chi connectivity index (χ3v) is 3.59. The van der Waals surface area contributed by atoms with E-state index in [0.717, 1.165) is 32.2 Å². The molecule has 1 aliphatic carbocycles. The number of amides is 1. The van der Waals surface area contributed by atoms with Crippen LogP contribution in [0.25, 0.3) is 0 Å². The lowest BCUT2D eigenvalue weighted by Crippen LogP contribution is -2.25. The quantitative estimate of drug-likeness (QED) is 0.622. The lowest BCUT2D eigenvalue weighted by atomic mass is 10.0. The molecule has 4 nitrogen and oxygen atoms in total. The third-order valence-electron chi connectivity index (χ3n) is 3.59. The number of carbonyl (C=O) groups is 2. The second-order valence-electron chi connectivity index (χ2n) is 5.26. The Morgan fingerprint density at radius 3 is 2.39 bits per heavy atom. The molecule has 104 valence electrons. The smallest absolute Gasteiger partial charge is 0.303 e. The molecule has 1 saturated carbocycles. The van der Waals surface area contributed by atoms with Crippen LogP contribution in [0.5, 0.6) is 0 Å². The fourth-order valence-electron chi connectivity index (χ4n) is 2.53. The summed E-state index contributed by atoms with van der Waals surface area (Å²) in [6.45, 7) is 0.735. The molecular formula is C14H25NO3. The van der Waals surface area contributed by atoms with Crippen LogP contribution >= 0.6 is 0 Å². The van der Waals surface area contributed by atoms with Gasteiger partial charge < -0.3 is 10.4 Å². The van der Waals surface area contributed by atoms with Crippen LogP contribution in [0.1, 0.15) is 64.2 Å². The maximum Gasteiger partial charge on any atom is 0.303 e. The highest BCUT2D eigenvalue weighted by molar-refractivity contribution is 5.76. The van der Waals surface area contributed by atoms with Crippen LogP contribution in [0, 0.1) is 5.92 Å². The fourth-order valence-corrected chi connectivity index (χ4v) is 2.53. The lowest BCUT2D eigenvalue weighted by Gasteiger charge is -2.09. The number of unbranched alkanes of at least 4 members (excludes halogenated alkanes) is 3. The molecule has 4 heteroatoms. The van der Waals surface area contributed by atoms with Gasteiger partial charge >= 0.3 is 5.97 Å². The number of hydrogen-bond acceptors (Lipinski definition) is 2. The van der Waals surface area contributed by atoms with Crippen LogP contribution in [-0.2, 0) is 9.59 Å². The zero-order valence-corrected chi connectivity index (χ0v) is 11.1. The summed E-state index contributed by atoms with van der Waals surface area (Å²) in [6.07, 6.45) is 9.56. The van der Waals surface area contributed by atoms with Crippen molar-refractivity contribution in [3.63, 3.8) is 0 Å². The molecule has 18 heavy (non-hydrogen) atoms. The van der Waals surface area contributed by atoms with Crippen LogP contribution in [0.3, 0.4) is 0 Å². The second-order valence-corrected chi connectivity index (χ2v) is 5.26. The topological polar surface area (TPSA) is 66.4 Å². The van der Waals surface area contributed by atoms with Gasteiger partial charge in [0.25, 0.3) is 0 Å². The molecule has 0 aromatic heterocycles. The SMILES string of the molecule is O=C(O)CCCCCCNC(=O)CC1CCCC1. The van der Waals surface area contributed by atoms with Gasteiger partial charge in [-0.25, -0.2) is 0 Å². The molecule has 0 spiro atoms. The summed E-state index contributed by atoms with van der Waals surface area (Å²) >= 11 is 0. The summed E-state index contributed by atoms with van der Waals surface area (Å²) < 4.78 is 0. The van der Waals surface area contributed by atoms with Crippen molar-refractivity contribution in [2.45, 2.75) is 64.2 Å². The van der Waals surface area contributed by atoms with Crippen molar-refractivity contribution in [2.75, 3.05) is 6.54 Å². The van der Waals surface area contributed by atoms with E-state index in [1.165, 1.54) is 25.7 Å². The molecule has 0 aromatic rings. The number of carboxylic acid groups (broad SMARTS) is 1. The molecule has 0 bridgehead atoms. The minimum absolute atomic E-state index is 0.187. The van der Waals surface area contributed by atoms with Gasteiger partial charge in [0.15, 0.2) is 0 Å². The van der Waals surface area contributed by atoms with E-state index in [1.54, 1.807) is 0 Å². The summed E-state index contributed by atoms with van der Waals surface area (Å²) in [5.41, 5.74) is 0. The van der Waals surface area contributed by atoms with Crippen molar-refractivity contribution in [2.24, 2.45) is 5.92 Å². The Kier molecular flexibility index (Phi) is 7.46. The molecule has 0 aromatic carbocycles. The highest BCUT2D eigenvalue weighted by Gasteiger charge is 2.17. The Labute approximate surface area is 109 Å². The number of aliphatic carboxylic acids is 1. The molecule has 1 fully saturated rings. The van der Waals surface area contributed by atoms with Gasteiger partial charge in [-0.05, 0) is 31.6 Å². The van der Waals surface area contributed by atoms with Crippen molar-refractivity contribution in [3.8, 4) is 0 Å². The molecule has 0 aliphatic heterocycles. The molecule has 0 radical (unpaired) electrons. The van der Waals surface area contributed by atoms with Crippen molar-refractivity contribution < 1.29 is 14.7 Å². The van der Waals surface area contributed by atoms with E-state index in [9.17, 15) is 9.59 Å². The molecular weight excluding hydrogens is 230 g/mol. The zero-order valence-electron chi connectivity index (χ0n) is 11.1. The van der Waals surface area contributed by atoms with E-state index in [0.29, 0.717) is 12.3 Å². The van der Waals surface area contributed by atoms with Gasteiger partial charge in [0.1, 0.15) is 0 Å². The van der Waals surface area contributed by atoms with Crippen LogP contribution < -0.4 is 5.32 Å². The number of carbonyl (C=O) groups excluding carboxylic acids is 1. The zero-order chi connectivity index (χ0) is 13.2. The van der Waals surface area contributed by atoms with Gasteiger partial charge in [0.2, 0.25) is 5.91 Å². The van der Waals surface area contributed by atoms with Crippen molar-refractivity contribution in [1.82, 2.24) is 5.32 Å². The van der Waals surface area contributed by atoms with Crippen molar-refractivity contribution in [1.29, 1.82) is 0 Å². The molecule has 0 heterocycles. The third kappa shape index (κ3) is 7.30. The minimum atomic E-state index is -0.722. The highest BCUT2D eigenvalue weighted by Crippen LogP contribution is 2.27. The van der Waals surface area contributed by atoms with Crippen LogP contribution in [-0.4, -0.2) is 23.5 Å². The van der Waals surface area contributed by atoms with E-state index >= 15 is 0 Å². The monoisotopic (exact) mass is 255 g/mol. The largest absolute Gasteiger partial charge is 0.481 e.